The molecule has 1 atom stereocenters. The van der Waals surface area contributed by atoms with Crippen LogP contribution in [0.3, 0.4) is 0 Å². The molecule has 3 nitrogen and oxygen atoms in total. The smallest absolute Gasteiger partial charge is 0.161 e. The third kappa shape index (κ3) is 2.97. The zero-order valence-electron chi connectivity index (χ0n) is 11.2. The Labute approximate surface area is 120 Å². The maximum atomic E-state index is 13.6. The van der Waals surface area contributed by atoms with E-state index in [-0.39, 0.29) is 12.0 Å². The summed E-state index contributed by atoms with van der Waals surface area (Å²) < 4.78 is 37.6. The van der Waals surface area contributed by atoms with Gasteiger partial charge in [-0.1, -0.05) is 6.07 Å². The van der Waals surface area contributed by atoms with E-state index < -0.39 is 17.7 Å². The second kappa shape index (κ2) is 5.69. The molecule has 0 saturated carbocycles. The van der Waals surface area contributed by atoms with Crippen molar-refractivity contribution in [3.63, 3.8) is 0 Å². The minimum atomic E-state index is -0.947. The fourth-order valence-electron chi connectivity index (χ4n) is 2.29. The molecule has 0 bridgehead atoms. The van der Waals surface area contributed by atoms with Crippen molar-refractivity contribution >= 4 is 0 Å². The molecule has 21 heavy (non-hydrogen) atoms. The van der Waals surface area contributed by atoms with Crippen LogP contribution in [-0.4, -0.2) is 18.3 Å². The van der Waals surface area contributed by atoms with Crippen LogP contribution in [0.2, 0.25) is 0 Å². The van der Waals surface area contributed by atoms with Crippen molar-refractivity contribution < 1.29 is 23.4 Å². The average molecular weight is 292 g/mol. The Morgan fingerprint density at radius 3 is 2.57 bits per heavy atom. The Balaban J connectivity index is 1.82. The Hall–Kier alpha value is -2.14. The third-order valence-corrected chi connectivity index (χ3v) is 3.37. The van der Waals surface area contributed by atoms with Gasteiger partial charge in [-0.05, 0) is 41.5 Å². The molecule has 1 aliphatic rings. The SMILES string of the molecule is OC(Cc1cc(F)ccc1F)c1ccc2c(c1)OCCO2. The van der Waals surface area contributed by atoms with Crippen LogP contribution < -0.4 is 9.47 Å². The van der Waals surface area contributed by atoms with Gasteiger partial charge in [0.15, 0.2) is 11.5 Å². The van der Waals surface area contributed by atoms with Crippen LogP contribution in [-0.2, 0) is 6.42 Å². The molecule has 0 radical (unpaired) electrons. The molecule has 1 aliphatic heterocycles. The monoisotopic (exact) mass is 292 g/mol. The van der Waals surface area contributed by atoms with Crippen molar-refractivity contribution in [2.24, 2.45) is 0 Å². The van der Waals surface area contributed by atoms with Gasteiger partial charge in [0, 0.05) is 6.42 Å². The number of ether oxygens (including phenoxy) is 2. The van der Waals surface area contributed by atoms with Gasteiger partial charge < -0.3 is 14.6 Å². The number of hydrogen-bond donors (Lipinski definition) is 1. The number of halogens is 2. The van der Waals surface area contributed by atoms with Crippen LogP contribution in [0.15, 0.2) is 36.4 Å². The first-order valence-corrected chi connectivity index (χ1v) is 6.65. The minimum Gasteiger partial charge on any atom is -0.486 e. The molecule has 5 heteroatoms. The van der Waals surface area contributed by atoms with Gasteiger partial charge >= 0.3 is 0 Å². The van der Waals surface area contributed by atoms with Crippen LogP contribution in [0.5, 0.6) is 11.5 Å². The lowest BCUT2D eigenvalue weighted by atomic mass is 10.0. The topological polar surface area (TPSA) is 38.7 Å². The molecule has 3 rings (SSSR count). The first-order chi connectivity index (χ1) is 10.1. The van der Waals surface area contributed by atoms with E-state index in [2.05, 4.69) is 0 Å². The molecule has 110 valence electrons. The highest BCUT2D eigenvalue weighted by molar-refractivity contribution is 5.44. The highest BCUT2D eigenvalue weighted by Crippen LogP contribution is 2.33. The number of benzene rings is 2. The van der Waals surface area contributed by atoms with E-state index in [4.69, 9.17) is 9.47 Å². The van der Waals surface area contributed by atoms with Gasteiger partial charge in [-0.15, -0.1) is 0 Å². The predicted octanol–water partition coefficient (Wildman–Crippen LogP) is 3.01. The van der Waals surface area contributed by atoms with Crippen molar-refractivity contribution in [3.05, 3.63) is 59.2 Å². The fraction of sp³-hybridized carbons (Fsp3) is 0.250. The quantitative estimate of drug-likeness (QED) is 0.945. The zero-order chi connectivity index (χ0) is 14.8. The summed E-state index contributed by atoms with van der Waals surface area (Å²) in [7, 11) is 0. The second-order valence-electron chi connectivity index (χ2n) is 4.86. The molecule has 2 aromatic rings. The summed E-state index contributed by atoms with van der Waals surface area (Å²) in [6.07, 6.45) is -0.958. The summed E-state index contributed by atoms with van der Waals surface area (Å²) in [6.45, 7) is 0.939. The van der Waals surface area contributed by atoms with E-state index in [0.29, 0.717) is 30.3 Å². The second-order valence-corrected chi connectivity index (χ2v) is 4.86. The highest BCUT2D eigenvalue weighted by atomic mass is 19.1. The summed E-state index contributed by atoms with van der Waals surface area (Å²) in [5.74, 6) is 0.111. The van der Waals surface area contributed by atoms with Crippen molar-refractivity contribution in [2.75, 3.05) is 13.2 Å². The number of aliphatic hydroxyl groups is 1. The summed E-state index contributed by atoms with van der Waals surface area (Å²) in [5, 5.41) is 10.2. The van der Waals surface area contributed by atoms with Gasteiger partial charge in [-0.25, -0.2) is 8.78 Å². The molecule has 0 fully saturated rings. The van der Waals surface area contributed by atoms with Gasteiger partial charge in [-0.2, -0.15) is 0 Å². The summed E-state index contributed by atoms with van der Waals surface area (Å²) in [6, 6.07) is 8.26. The van der Waals surface area contributed by atoms with Crippen LogP contribution in [0.25, 0.3) is 0 Å². The first-order valence-electron chi connectivity index (χ1n) is 6.65. The standard InChI is InChI=1S/C16H14F2O3/c17-12-2-3-13(18)11(7-12)8-14(19)10-1-4-15-16(9-10)21-6-5-20-15/h1-4,7,9,14,19H,5-6,8H2. The molecule has 0 amide bonds. The van der Waals surface area contributed by atoms with Gasteiger partial charge in [-0.3, -0.25) is 0 Å². The zero-order valence-corrected chi connectivity index (χ0v) is 11.2. The summed E-state index contributed by atoms with van der Waals surface area (Å²) in [5.41, 5.74) is 0.709. The molecule has 1 unspecified atom stereocenters. The van der Waals surface area contributed by atoms with Gasteiger partial charge in [0.05, 0.1) is 6.10 Å². The van der Waals surface area contributed by atoms with E-state index >= 15 is 0 Å². The highest BCUT2D eigenvalue weighted by Gasteiger charge is 2.17. The fourth-order valence-corrected chi connectivity index (χ4v) is 2.29. The largest absolute Gasteiger partial charge is 0.486 e. The normalized spacial score (nSPS) is 14.8. The lowest BCUT2D eigenvalue weighted by molar-refractivity contribution is 0.164. The molecule has 0 aliphatic carbocycles. The van der Waals surface area contributed by atoms with Gasteiger partial charge in [0.25, 0.3) is 0 Å². The van der Waals surface area contributed by atoms with E-state index in [9.17, 15) is 13.9 Å². The third-order valence-electron chi connectivity index (χ3n) is 3.37. The average Bonchev–Trinajstić information content (AvgIpc) is 2.50. The van der Waals surface area contributed by atoms with Crippen LogP contribution in [0.1, 0.15) is 17.2 Å². The molecular weight excluding hydrogens is 278 g/mol. The molecular formula is C16H14F2O3. The van der Waals surface area contributed by atoms with Crippen LogP contribution in [0.4, 0.5) is 8.78 Å². The number of hydrogen-bond acceptors (Lipinski definition) is 3. The number of fused-ring (bicyclic) bond motifs is 1. The molecule has 1 N–H and O–H groups in total. The van der Waals surface area contributed by atoms with Crippen molar-refractivity contribution in [3.8, 4) is 11.5 Å². The van der Waals surface area contributed by atoms with Gasteiger partial charge in [0.1, 0.15) is 24.8 Å². The lowest BCUT2D eigenvalue weighted by Crippen LogP contribution is -2.15. The van der Waals surface area contributed by atoms with E-state index in [1.54, 1.807) is 18.2 Å². The first kappa shape index (κ1) is 13.8. The van der Waals surface area contributed by atoms with Crippen molar-refractivity contribution in [1.82, 2.24) is 0 Å². The van der Waals surface area contributed by atoms with E-state index in [0.717, 1.165) is 18.2 Å². The lowest BCUT2D eigenvalue weighted by Gasteiger charge is -2.20. The van der Waals surface area contributed by atoms with Crippen molar-refractivity contribution in [1.29, 1.82) is 0 Å². The predicted molar refractivity (Wildman–Crippen MR) is 72.5 cm³/mol. The Bertz CT molecular complexity index is 658. The Kier molecular flexibility index (Phi) is 3.75. The number of rotatable bonds is 3. The van der Waals surface area contributed by atoms with Crippen LogP contribution in [0, 0.1) is 11.6 Å². The maximum absolute atomic E-state index is 13.6. The number of aliphatic hydroxyl groups excluding tert-OH is 1. The molecule has 1 heterocycles. The summed E-state index contributed by atoms with van der Waals surface area (Å²) in [4.78, 5) is 0. The molecule has 0 spiro atoms. The van der Waals surface area contributed by atoms with Crippen LogP contribution >= 0.6 is 0 Å². The molecule has 0 aromatic heterocycles. The van der Waals surface area contributed by atoms with E-state index in [1.165, 1.54) is 0 Å². The molecule has 2 aromatic carbocycles. The Morgan fingerprint density at radius 2 is 1.76 bits per heavy atom. The maximum Gasteiger partial charge on any atom is 0.161 e. The Morgan fingerprint density at radius 1 is 1.00 bits per heavy atom. The van der Waals surface area contributed by atoms with Crippen molar-refractivity contribution in [2.45, 2.75) is 12.5 Å². The summed E-state index contributed by atoms with van der Waals surface area (Å²) >= 11 is 0. The molecule has 0 saturated heterocycles. The van der Waals surface area contributed by atoms with E-state index in [1.807, 2.05) is 0 Å². The minimum absolute atomic E-state index is 0.0107. The van der Waals surface area contributed by atoms with Gasteiger partial charge in [0.2, 0.25) is 0 Å².